The number of carbonyl (C=O) groups is 2. The second-order valence-corrected chi connectivity index (χ2v) is 10.8. The van der Waals surface area contributed by atoms with E-state index >= 15 is 0 Å². The van der Waals surface area contributed by atoms with Crippen molar-refractivity contribution in [3.63, 3.8) is 0 Å². The molecule has 4 rings (SSSR count). The Morgan fingerprint density at radius 2 is 1.69 bits per heavy atom. The van der Waals surface area contributed by atoms with E-state index in [-0.39, 0.29) is 5.91 Å². The fourth-order valence-corrected chi connectivity index (χ4v) is 4.38. The van der Waals surface area contributed by atoms with Crippen LogP contribution in [0.5, 0.6) is 5.75 Å². The van der Waals surface area contributed by atoms with Crippen molar-refractivity contribution in [2.24, 2.45) is 0 Å². The molecule has 3 aromatic rings. The lowest BCUT2D eigenvalue weighted by Crippen LogP contribution is -2.56. The molecule has 0 saturated carbocycles. The highest BCUT2D eigenvalue weighted by Gasteiger charge is 2.31. The quantitative estimate of drug-likeness (QED) is 0.440. The van der Waals surface area contributed by atoms with Crippen LogP contribution in [0.3, 0.4) is 0 Å². The van der Waals surface area contributed by atoms with Gasteiger partial charge in [-0.3, -0.25) is 4.79 Å². The van der Waals surface area contributed by atoms with Crippen molar-refractivity contribution < 1.29 is 19.1 Å². The van der Waals surface area contributed by atoms with E-state index in [1.54, 1.807) is 44.0 Å². The van der Waals surface area contributed by atoms with Gasteiger partial charge in [0.1, 0.15) is 24.6 Å². The van der Waals surface area contributed by atoms with Gasteiger partial charge in [-0.15, -0.1) is 0 Å². The Kier molecular flexibility index (Phi) is 9.24. The van der Waals surface area contributed by atoms with Crippen LogP contribution in [-0.4, -0.2) is 64.7 Å². The standard InChI is InChI=1S/C29H34ClN5O4/c1-29(2,3)39-28(37)33-24(17-21-9-11-23(30)12-10-21)27(36)35-15-13-34(14-16-35)26-25(18-31-20-32-26)38-19-22-7-5-4-6-8-22/h4-12,18,20,24H,13-17,19H2,1-3H3,(H,33,37)/t24-/m1/s1. The van der Waals surface area contributed by atoms with Gasteiger partial charge in [-0.25, -0.2) is 14.8 Å². The Bertz CT molecular complexity index is 1240. The second-order valence-electron chi connectivity index (χ2n) is 10.3. The normalized spacial score (nSPS) is 14.5. The summed E-state index contributed by atoms with van der Waals surface area (Å²) in [6.45, 7) is 7.81. The molecule has 1 aromatic heterocycles. The van der Waals surface area contributed by atoms with Crippen LogP contribution >= 0.6 is 11.6 Å². The lowest BCUT2D eigenvalue weighted by atomic mass is 10.0. The van der Waals surface area contributed by atoms with E-state index in [1.807, 2.05) is 42.5 Å². The maximum absolute atomic E-state index is 13.6. The number of aromatic nitrogens is 2. The van der Waals surface area contributed by atoms with Gasteiger partial charge in [-0.05, 0) is 44.0 Å². The molecular formula is C29H34ClN5O4. The number of nitrogens with one attached hydrogen (secondary N) is 1. The summed E-state index contributed by atoms with van der Waals surface area (Å²) in [6.07, 6.45) is 2.85. The highest BCUT2D eigenvalue weighted by atomic mass is 35.5. The van der Waals surface area contributed by atoms with Gasteiger partial charge in [0.15, 0.2) is 11.6 Å². The summed E-state index contributed by atoms with van der Waals surface area (Å²) >= 11 is 6.03. The molecule has 1 saturated heterocycles. The van der Waals surface area contributed by atoms with Crippen molar-refractivity contribution >= 4 is 29.4 Å². The molecule has 2 heterocycles. The highest BCUT2D eigenvalue weighted by molar-refractivity contribution is 6.30. The molecule has 206 valence electrons. The Hall–Kier alpha value is -3.85. The number of rotatable bonds is 8. The summed E-state index contributed by atoms with van der Waals surface area (Å²) in [5.41, 5.74) is 1.25. The summed E-state index contributed by atoms with van der Waals surface area (Å²) in [4.78, 5) is 38.6. The molecule has 10 heteroatoms. The Morgan fingerprint density at radius 1 is 1.00 bits per heavy atom. The van der Waals surface area contributed by atoms with Crippen molar-refractivity contribution in [2.45, 2.75) is 45.4 Å². The van der Waals surface area contributed by atoms with Gasteiger partial charge in [0.25, 0.3) is 0 Å². The first-order valence-electron chi connectivity index (χ1n) is 12.9. The molecule has 1 N–H and O–H groups in total. The second kappa shape index (κ2) is 12.8. The van der Waals surface area contributed by atoms with Gasteiger partial charge in [0.05, 0.1) is 6.20 Å². The van der Waals surface area contributed by atoms with Gasteiger partial charge >= 0.3 is 6.09 Å². The Labute approximate surface area is 234 Å². The van der Waals surface area contributed by atoms with Crippen LogP contribution in [0.1, 0.15) is 31.9 Å². The van der Waals surface area contributed by atoms with Crippen molar-refractivity contribution in [2.75, 3.05) is 31.1 Å². The SMILES string of the molecule is CC(C)(C)OC(=O)N[C@H](Cc1ccc(Cl)cc1)C(=O)N1CCN(c2ncncc2OCc2ccccc2)CC1. The molecule has 0 aliphatic carbocycles. The van der Waals surface area contributed by atoms with Crippen LogP contribution in [0.15, 0.2) is 67.1 Å². The van der Waals surface area contributed by atoms with Gasteiger partial charge < -0.3 is 24.6 Å². The fraction of sp³-hybridized carbons (Fsp3) is 0.379. The van der Waals surface area contributed by atoms with Crippen LogP contribution in [0, 0.1) is 0 Å². The molecule has 0 radical (unpaired) electrons. The molecule has 9 nitrogen and oxygen atoms in total. The number of nitrogens with zero attached hydrogens (tertiary/aromatic N) is 4. The molecule has 1 atom stereocenters. The Morgan fingerprint density at radius 3 is 2.36 bits per heavy atom. The van der Waals surface area contributed by atoms with Crippen LogP contribution < -0.4 is 15.0 Å². The number of alkyl carbamates (subject to hydrolysis) is 1. The number of benzene rings is 2. The zero-order valence-electron chi connectivity index (χ0n) is 22.5. The monoisotopic (exact) mass is 551 g/mol. The predicted octanol–water partition coefficient (Wildman–Crippen LogP) is 4.49. The van der Waals surface area contributed by atoms with E-state index < -0.39 is 17.7 Å². The van der Waals surface area contributed by atoms with Gasteiger partial charge in [0, 0.05) is 37.6 Å². The molecular weight excluding hydrogens is 518 g/mol. The summed E-state index contributed by atoms with van der Waals surface area (Å²) in [6, 6.07) is 16.4. The van der Waals surface area contributed by atoms with E-state index in [0.29, 0.717) is 55.8 Å². The number of hydrogen-bond acceptors (Lipinski definition) is 7. The van der Waals surface area contributed by atoms with E-state index in [9.17, 15) is 9.59 Å². The number of carbonyl (C=O) groups excluding carboxylic acids is 2. The minimum Gasteiger partial charge on any atom is -0.483 e. The van der Waals surface area contributed by atoms with E-state index in [4.69, 9.17) is 21.1 Å². The number of amides is 2. The van der Waals surface area contributed by atoms with Gasteiger partial charge in [0.2, 0.25) is 5.91 Å². The van der Waals surface area contributed by atoms with Crippen molar-refractivity contribution in [1.82, 2.24) is 20.2 Å². The highest BCUT2D eigenvalue weighted by Crippen LogP contribution is 2.26. The van der Waals surface area contributed by atoms with Crippen LogP contribution in [0.4, 0.5) is 10.6 Å². The molecule has 39 heavy (non-hydrogen) atoms. The third-order valence-corrected chi connectivity index (χ3v) is 6.38. The zero-order chi connectivity index (χ0) is 27.8. The number of hydrogen-bond donors (Lipinski definition) is 1. The van der Waals surface area contributed by atoms with E-state index in [2.05, 4.69) is 20.2 Å². The molecule has 2 amide bonds. The number of anilines is 1. The predicted molar refractivity (Wildman–Crippen MR) is 150 cm³/mol. The molecule has 0 spiro atoms. The molecule has 0 unspecified atom stereocenters. The molecule has 1 aliphatic rings. The largest absolute Gasteiger partial charge is 0.483 e. The van der Waals surface area contributed by atoms with E-state index in [1.165, 1.54) is 6.33 Å². The summed E-state index contributed by atoms with van der Waals surface area (Å²) in [7, 11) is 0. The number of piperazine rings is 1. The van der Waals surface area contributed by atoms with Crippen LogP contribution in [0.2, 0.25) is 5.02 Å². The number of halogens is 1. The lowest BCUT2D eigenvalue weighted by molar-refractivity contribution is -0.133. The molecule has 0 bridgehead atoms. The average molecular weight is 552 g/mol. The van der Waals surface area contributed by atoms with Gasteiger partial charge in [-0.1, -0.05) is 54.1 Å². The Balaban J connectivity index is 1.41. The third-order valence-electron chi connectivity index (χ3n) is 6.13. The zero-order valence-corrected chi connectivity index (χ0v) is 23.2. The summed E-state index contributed by atoms with van der Waals surface area (Å²) in [5.74, 6) is 1.12. The molecule has 1 aliphatic heterocycles. The first kappa shape index (κ1) is 28.2. The summed E-state index contributed by atoms with van der Waals surface area (Å²) in [5, 5.41) is 3.38. The van der Waals surface area contributed by atoms with Crippen LogP contribution in [0.25, 0.3) is 0 Å². The van der Waals surface area contributed by atoms with Crippen molar-refractivity contribution in [3.8, 4) is 5.75 Å². The third kappa shape index (κ3) is 8.32. The first-order valence-corrected chi connectivity index (χ1v) is 13.3. The fourth-order valence-electron chi connectivity index (χ4n) is 4.25. The molecule has 2 aromatic carbocycles. The van der Waals surface area contributed by atoms with Gasteiger partial charge in [-0.2, -0.15) is 0 Å². The van der Waals surface area contributed by atoms with E-state index in [0.717, 1.165) is 11.1 Å². The smallest absolute Gasteiger partial charge is 0.408 e. The maximum Gasteiger partial charge on any atom is 0.408 e. The minimum absolute atomic E-state index is 0.168. The van der Waals surface area contributed by atoms with Crippen LogP contribution in [-0.2, 0) is 22.6 Å². The topological polar surface area (TPSA) is 96.9 Å². The average Bonchev–Trinajstić information content (AvgIpc) is 2.92. The van der Waals surface area contributed by atoms with Crippen molar-refractivity contribution in [1.29, 1.82) is 0 Å². The number of ether oxygens (including phenoxy) is 2. The maximum atomic E-state index is 13.6. The lowest BCUT2D eigenvalue weighted by Gasteiger charge is -2.37. The van der Waals surface area contributed by atoms with Crippen molar-refractivity contribution in [3.05, 3.63) is 83.3 Å². The first-order chi connectivity index (χ1) is 18.7. The minimum atomic E-state index is -0.781. The molecule has 1 fully saturated rings. The summed E-state index contributed by atoms with van der Waals surface area (Å²) < 4.78 is 11.5.